The Kier molecular flexibility index (Phi) is 6.22. The average Bonchev–Trinajstić information content (AvgIpc) is 3.25. The van der Waals surface area contributed by atoms with E-state index in [-0.39, 0.29) is 38.5 Å². The quantitative estimate of drug-likeness (QED) is 0.550. The number of para-hydroxylation sites is 1. The molecule has 0 N–H and O–H groups in total. The SMILES string of the molecule is CC(C)S(=O)(=O)N1CC2(C1)C(=O)N(Cc1nc3c(n1CCCC(F)(F)F)CCCC3)c1ccccc12. The molecule has 0 radical (unpaired) electrons. The molecule has 1 spiro atoms. The first-order valence-electron chi connectivity index (χ1n) is 12.5. The molecule has 7 nitrogen and oxygen atoms in total. The summed E-state index contributed by atoms with van der Waals surface area (Å²) in [6.07, 6.45) is -1.63. The lowest BCUT2D eigenvalue weighted by Crippen LogP contribution is -2.66. The molecular weight excluding hydrogens is 493 g/mol. The number of carbonyl (C=O) groups is 1. The van der Waals surface area contributed by atoms with Crippen molar-refractivity contribution >= 4 is 21.6 Å². The van der Waals surface area contributed by atoms with E-state index in [2.05, 4.69) is 0 Å². The largest absolute Gasteiger partial charge is 0.389 e. The van der Waals surface area contributed by atoms with E-state index in [1.807, 2.05) is 28.8 Å². The number of rotatable bonds is 7. The number of amides is 1. The molecule has 2 aromatic rings. The second-order valence-electron chi connectivity index (χ2n) is 10.4. The summed E-state index contributed by atoms with van der Waals surface area (Å²) in [7, 11) is -3.48. The van der Waals surface area contributed by atoms with Gasteiger partial charge < -0.3 is 9.47 Å². The van der Waals surface area contributed by atoms with E-state index >= 15 is 0 Å². The standard InChI is InChI=1S/C25H31F3N4O3S/c1-17(2)36(34,35)30-15-24(16-30)18-8-3-5-10-20(18)32(23(24)33)14-22-29-19-9-4-6-11-21(19)31(22)13-7-12-25(26,27)28/h3,5,8,10,17H,4,6-7,9,11-16H2,1-2H3. The number of hydrogen-bond donors (Lipinski definition) is 0. The van der Waals surface area contributed by atoms with Crippen LogP contribution in [0.1, 0.15) is 62.3 Å². The minimum atomic E-state index is -4.22. The van der Waals surface area contributed by atoms with E-state index in [1.165, 1.54) is 4.31 Å². The number of benzene rings is 1. The Labute approximate surface area is 209 Å². The van der Waals surface area contributed by atoms with Crippen molar-refractivity contribution in [3.05, 3.63) is 47.0 Å². The maximum absolute atomic E-state index is 13.8. The molecule has 1 aliphatic carbocycles. The molecule has 0 atom stereocenters. The van der Waals surface area contributed by atoms with Crippen LogP contribution in [-0.2, 0) is 46.2 Å². The fraction of sp³-hybridized carbons (Fsp3) is 0.600. The zero-order valence-electron chi connectivity index (χ0n) is 20.5. The van der Waals surface area contributed by atoms with Crippen LogP contribution < -0.4 is 4.90 Å². The molecule has 1 aromatic heterocycles. The minimum Gasteiger partial charge on any atom is -0.330 e. The highest BCUT2D eigenvalue weighted by Crippen LogP contribution is 2.49. The van der Waals surface area contributed by atoms with Crippen LogP contribution in [0.25, 0.3) is 0 Å². The number of sulfonamides is 1. The summed E-state index contributed by atoms with van der Waals surface area (Å²) >= 11 is 0. The van der Waals surface area contributed by atoms with Gasteiger partial charge in [-0.2, -0.15) is 17.5 Å². The molecule has 2 aliphatic heterocycles. The Balaban J connectivity index is 1.44. The summed E-state index contributed by atoms with van der Waals surface area (Å²) < 4.78 is 67.1. The number of halogens is 3. The van der Waals surface area contributed by atoms with Gasteiger partial charge in [-0.15, -0.1) is 0 Å². The van der Waals surface area contributed by atoms with Gasteiger partial charge in [-0.05, 0) is 57.6 Å². The summed E-state index contributed by atoms with van der Waals surface area (Å²) in [4.78, 5) is 20.3. The molecule has 196 valence electrons. The fourth-order valence-corrected chi connectivity index (χ4v) is 7.11. The van der Waals surface area contributed by atoms with Gasteiger partial charge in [-0.3, -0.25) is 4.79 Å². The van der Waals surface area contributed by atoms with Crippen molar-refractivity contribution in [2.75, 3.05) is 18.0 Å². The van der Waals surface area contributed by atoms with E-state index in [1.54, 1.807) is 18.7 Å². The summed E-state index contributed by atoms with van der Waals surface area (Å²) in [5.74, 6) is 0.414. The first kappa shape index (κ1) is 25.3. The Morgan fingerprint density at radius 1 is 1.11 bits per heavy atom. The second kappa shape index (κ2) is 8.86. The predicted octanol–water partition coefficient (Wildman–Crippen LogP) is 3.94. The molecule has 0 unspecified atom stereocenters. The van der Waals surface area contributed by atoms with Gasteiger partial charge in [0.2, 0.25) is 15.9 Å². The van der Waals surface area contributed by atoms with Crippen molar-refractivity contribution < 1.29 is 26.4 Å². The predicted molar refractivity (Wildman–Crippen MR) is 129 cm³/mol. The molecule has 0 saturated carbocycles. The Bertz CT molecular complexity index is 1280. The normalized spacial score (nSPS) is 19.6. The first-order valence-corrected chi connectivity index (χ1v) is 14.0. The molecule has 3 heterocycles. The third-order valence-corrected chi connectivity index (χ3v) is 9.84. The topological polar surface area (TPSA) is 75.5 Å². The van der Waals surface area contributed by atoms with E-state index in [0.717, 1.165) is 42.6 Å². The molecule has 1 aromatic carbocycles. The fourth-order valence-electron chi connectivity index (χ4n) is 5.71. The van der Waals surface area contributed by atoms with Crippen LogP contribution in [-0.4, -0.2) is 52.7 Å². The molecule has 1 amide bonds. The number of anilines is 1. The van der Waals surface area contributed by atoms with Crippen LogP contribution in [0.4, 0.5) is 18.9 Å². The van der Waals surface area contributed by atoms with E-state index in [9.17, 15) is 26.4 Å². The molecule has 1 fully saturated rings. The lowest BCUT2D eigenvalue weighted by atomic mass is 9.76. The summed E-state index contributed by atoms with van der Waals surface area (Å²) in [5.41, 5.74) is 2.46. The Hall–Kier alpha value is -2.40. The smallest absolute Gasteiger partial charge is 0.330 e. The van der Waals surface area contributed by atoms with Crippen molar-refractivity contribution in [1.82, 2.24) is 13.9 Å². The minimum absolute atomic E-state index is 0.0458. The highest BCUT2D eigenvalue weighted by atomic mass is 32.2. The van der Waals surface area contributed by atoms with Gasteiger partial charge in [-0.25, -0.2) is 13.4 Å². The molecule has 3 aliphatic rings. The van der Waals surface area contributed by atoms with Crippen LogP contribution in [0.3, 0.4) is 0 Å². The molecule has 5 rings (SSSR count). The number of alkyl halides is 3. The van der Waals surface area contributed by atoms with Gasteiger partial charge in [0.1, 0.15) is 11.2 Å². The molecular formula is C25H31F3N4O3S. The van der Waals surface area contributed by atoms with Crippen LogP contribution in [0, 0.1) is 0 Å². The third kappa shape index (κ3) is 4.13. The summed E-state index contributed by atoms with van der Waals surface area (Å²) in [6.45, 7) is 3.78. The highest BCUT2D eigenvalue weighted by Gasteiger charge is 2.60. The molecule has 36 heavy (non-hydrogen) atoms. The lowest BCUT2D eigenvalue weighted by molar-refractivity contribution is -0.136. The van der Waals surface area contributed by atoms with Crippen molar-refractivity contribution in [3.63, 3.8) is 0 Å². The number of aryl methyl sites for hydroxylation is 1. The summed E-state index contributed by atoms with van der Waals surface area (Å²) in [5, 5.41) is -0.576. The van der Waals surface area contributed by atoms with Crippen LogP contribution in [0.2, 0.25) is 0 Å². The van der Waals surface area contributed by atoms with E-state index < -0.39 is 33.3 Å². The average molecular weight is 525 g/mol. The van der Waals surface area contributed by atoms with Crippen molar-refractivity contribution in [3.8, 4) is 0 Å². The second-order valence-corrected chi connectivity index (χ2v) is 12.8. The van der Waals surface area contributed by atoms with Crippen LogP contribution >= 0.6 is 0 Å². The number of fused-ring (bicyclic) bond motifs is 3. The molecule has 1 saturated heterocycles. The maximum Gasteiger partial charge on any atom is 0.389 e. The zero-order chi connectivity index (χ0) is 25.9. The van der Waals surface area contributed by atoms with Gasteiger partial charge in [0.15, 0.2) is 0 Å². The van der Waals surface area contributed by atoms with Gasteiger partial charge in [-0.1, -0.05) is 18.2 Å². The number of aromatic nitrogens is 2. The zero-order valence-corrected chi connectivity index (χ0v) is 21.3. The highest BCUT2D eigenvalue weighted by molar-refractivity contribution is 7.89. The monoisotopic (exact) mass is 524 g/mol. The van der Waals surface area contributed by atoms with Gasteiger partial charge in [0, 0.05) is 37.4 Å². The van der Waals surface area contributed by atoms with E-state index in [0.29, 0.717) is 11.5 Å². The number of hydrogen-bond acceptors (Lipinski definition) is 4. The van der Waals surface area contributed by atoms with Gasteiger partial charge in [0.05, 0.1) is 17.5 Å². The number of carbonyl (C=O) groups excluding carboxylic acids is 1. The van der Waals surface area contributed by atoms with Crippen molar-refractivity contribution in [2.45, 2.75) is 82.3 Å². The Morgan fingerprint density at radius 3 is 2.50 bits per heavy atom. The third-order valence-electron chi connectivity index (χ3n) is 7.67. The lowest BCUT2D eigenvalue weighted by Gasteiger charge is -2.46. The van der Waals surface area contributed by atoms with Crippen molar-refractivity contribution in [1.29, 1.82) is 0 Å². The number of imidazole rings is 1. The van der Waals surface area contributed by atoms with Crippen LogP contribution in [0.15, 0.2) is 24.3 Å². The number of nitrogens with zero attached hydrogens (tertiary/aromatic N) is 4. The molecule has 0 bridgehead atoms. The van der Waals surface area contributed by atoms with E-state index in [4.69, 9.17) is 4.98 Å². The first-order chi connectivity index (χ1) is 16.9. The van der Waals surface area contributed by atoms with Crippen molar-refractivity contribution in [2.24, 2.45) is 0 Å². The summed E-state index contributed by atoms with van der Waals surface area (Å²) in [6, 6.07) is 7.39. The maximum atomic E-state index is 13.8. The van der Waals surface area contributed by atoms with Crippen LogP contribution in [0.5, 0.6) is 0 Å². The molecule has 11 heteroatoms. The van der Waals surface area contributed by atoms with Gasteiger partial charge >= 0.3 is 6.18 Å². The Morgan fingerprint density at radius 2 is 1.81 bits per heavy atom. The van der Waals surface area contributed by atoms with Gasteiger partial charge in [0.25, 0.3) is 0 Å².